The Kier molecular flexibility index (Phi) is 41.7. The quantitative estimate of drug-likeness (QED) is 0.0414. The standard InChI is InChI=1S/C62H96N6O24S2/c1-5-67(6-2)51-12-11-49-45-53(61(76)91-54(49)46-51)59(75)63-17-8-7-10-50(58(74)64-18-22-82-26-30-86-34-32-85-29-25-81-21-16-57(73)92-68-55(71)13-14-56(68)72)44-52(70)15-20-80-24-28-84-33-36-88-38-40-90-42-41-89-39-37-87-35-31-83-27-23-79-19-9-43-94(77,78)60-47(3)93-62(66-60)65-48(4)69/h11-12,45-46,50H,5-10,13-44H2,1-4H3,(H,63,75)(H,64,74)(H,65,66,69). The van der Waals surface area contributed by atoms with Crippen molar-refractivity contribution in [3.8, 4) is 0 Å². The molecule has 2 aromatic heterocycles. The third-order valence-electron chi connectivity index (χ3n) is 13.7. The van der Waals surface area contributed by atoms with E-state index in [2.05, 4.69) is 25.8 Å². The van der Waals surface area contributed by atoms with Crippen molar-refractivity contribution in [2.75, 3.05) is 201 Å². The number of ketones is 1. The Hall–Kier alpha value is -5.98. The molecule has 1 aromatic carbocycles. The Bertz CT molecular complexity index is 2880. The normalized spacial score (nSPS) is 12.8. The van der Waals surface area contributed by atoms with Gasteiger partial charge in [0.05, 0.1) is 164 Å². The number of nitrogens with zero attached hydrogens (tertiary/aromatic N) is 3. The third kappa shape index (κ3) is 34.1. The number of hydrogen-bond acceptors (Lipinski definition) is 27. The second-order valence-electron chi connectivity index (χ2n) is 21.0. The topological polar surface area (TPSA) is 359 Å². The van der Waals surface area contributed by atoms with Gasteiger partial charge in [0.25, 0.3) is 17.7 Å². The minimum Gasteiger partial charge on any atom is -0.422 e. The summed E-state index contributed by atoms with van der Waals surface area (Å²) in [6.07, 6.45) is 1.62. The summed E-state index contributed by atoms with van der Waals surface area (Å²) in [4.78, 5) is 110. The molecule has 0 radical (unpaired) electrons. The molecule has 1 aliphatic heterocycles. The molecule has 94 heavy (non-hydrogen) atoms. The van der Waals surface area contributed by atoms with Gasteiger partial charge in [-0.15, -0.1) is 16.4 Å². The number of Topliss-reactive ketones (excluding diaryl/α,β-unsaturated/α-hetero) is 1. The number of anilines is 2. The fourth-order valence-corrected chi connectivity index (χ4v) is 11.5. The number of unbranched alkanes of at least 4 members (excludes halogenated alkanes) is 1. The van der Waals surface area contributed by atoms with E-state index in [1.54, 1.807) is 13.0 Å². The van der Waals surface area contributed by atoms with Gasteiger partial charge in [0.2, 0.25) is 11.8 Å². The molecule has 4 rings (SSSR count). The zero-order valence-electron chi connectivity index (χ0n) is 54.7. The summed E-state index contributed by atoms with van der Waals surface area (Å²) in [5, 5.41) is 9.50. The maximum Gasteiger partial charge on any atom is 0.349 e. The Morgan fingerprint density at radius 2 is 1.11 bits per heavy atom. The molecule has 1 fully saturated rings. The Morgan fingerprint density at radius 1 is 0.617 bits per heavy atom. The number of aromatic nitrogens is 1. The van der Waals surface area contributed by atoms with Crippen LogP contribution in [0.15, 0.2) is 38.5 Å². The van der Waals surface area contributed by atoms with Crippen molar-refractivity contribution in [3.05, 3.63) is 45.1 Å². The fraction of sp³-hybridized carbons (Fsp3) is 0.694. The van der Waals surface area contributed by atoms with Crippen molar-refractivity contribution in [2.24, 2.45) is 5.92 Å². The number of hydroxylamine groups is 2. The molecule has 3 N–H and O–H groups in total. The molecule has 3 aromatic rings. The predicted molar refractivity (Wildman–Crippen MR) is 342 cm³/mol. The van der Waals surface area contributed by atoms with Crippen LogP contribution in [0.1, 0.15) is 93.8 Å². The van der Waals surface area contributed by atoms with E-state index in [1.165, 1.54) is 13.0 Å². The van der Waals surface area contributed by atoms with Crippen molar-refractivity contribution in [1.82, 2.24) is 20.7 Å². The van der Waals surface area contributed by atoms with Gasteiger partial charge >= 0.3 is 11.6 Å². The number of amides is 5. The minimum absolute atomic E-state index is 0.0140. The van der Waals surface area contributed by atoms with Crippen LogP contribution in [0.5, 0.6) is 0 Å². The highest BCUT2D eigenvalue weighted by atomic mass is 32.2. The van der Waals surface area contributed by atoms with Crippen molar-refractivity contribution in [2.45, 2.75) is 90.5 Å². The summed E-state index contributed by atoms with van der Waals surface area (Å²) < 4.78 is 97.0. The molecule has 0 saturated carbocycles. The summed E-state index contributed by atoms with van der Waals surface area (Å²) in [6.45, 7) is 16.2. The molecule has 0 aliphatic carbocycles. The highest BCUT2D eigenvalue weighted by Crippen LogP contribution is 2.27. The fourth-order valence-electron chi connectivity index (χ4n) is 8.82. The van der Waals surface area contributed by atoms with Crippen LogP contribution in [0.2, 0.25) is 0 Å². The summed E-state index contributed by atoms with van der Waals surface area (Å²) in [5.74, 6) is -3.96. The number of imide groups is 1. The molecule has 1 atom stereocenters. The SMILES string of the molecule is CCN(CC)c1ccc2cc(C(=O)NCCCCC(CC(=O)CCOCCOCCOCCOCCOCCOCCOCCOCCCS(=O)(=O)c3nc(NC(C)=O)sc3C)C(=O)NCCOCCOCCOCCOCCC(=O)ON3C(=O)CCC3=O)c(=O)oc2c1. The van der Waals surface area contributed by atoms with Gasteiger partial charge in [-0.2, -0.15) is 0 Å². The van der Waals surface area contributed by atoms with Gasteiger partial charge in [-0.25, -0.2) is 23.0 Å². The number of carbonyl (C=O) groups is 7. The molecule has 3 heterocycles. The number of fused-ring (bicyclic) bond motifs is 1. The summed E-state index contributed by atoms with van der Waals surface area (Å²) in [6, 6.07) is 7.04. The monoisotopic (exact) mass is 1370 g/mol. The van der Waals surface area contributed by atoms with Crippen LogP contribution < -0.4 is 26.5 Å². The molecule has 30 nitrogen and oxygen atoms in total. The zero-order valence-corrected chi connectivity index (χ0v) is 56.3. The van der Waals surface area contributed by atoms with E-state index < -0.39 is 45.1 Å². The molecule has 1 unspecified atom stereocenters. The van der Waals surface area contributed by atoms with Crippen molar-refractivity contribution in [3.63, 3.8) is 0 Å². The average molecular weight is 1370 g/mol. The lowest BCUT2D eigenvalue weighted by Crippen LogP contribution is -2.35. The molecule has 5 amide bonds. The summed E-state index contributed by atoms with van der Waals surface area (Å²) in [5.41, 5.74) is 0.441. The van der Waals surface area contributed by atoms with Crippen LogP contribution in [0, 0.1) is 12.8 Å². The Balaban J connectivity index is 0.984. The lowest BCUT2D eigenvalue weighted by atomic mass is 9.94. The summed E-state index contributed by atoms with van der Waals surface area (Å²) >= 11 is 1.12. The van der Waals surface area contributed by atoms with Crippen molar-refractivity contribution >= 4 is 84.3 Å². The molecular formula is C62H96N6O24S2. The van der Waals surface area contributed by atoms with Gasteiger partial charge in [0.1, 0.15) is 16.9 Å². The number of aryl methyl sites for hydroxylation is 1. The predicted octanol–water partition coefficient (Wildman–Crippen LogP) is 3.40. The Morgan fingerprint density at radius 3 is 1.62 bits per heavy atom. The molecule has 1 aliphatic rings. The van der Waals surface area contributed by atoms with Crippen LogP contribution >= 0.6 is 11.3 Å². The average Bonchev–Trinajstić information content (AvgIpc) is 0.967. The first kappa shape index (κ1) is 80.5. The molecular weight excluding hydrogens is 1280 g/mol. The molecule has 32 heteroatoms. The number of thiazole rings is 1. The van der Waals surface area contributed by atoms with Gasteiger partial charge < -0.3 is 86.9 Å². The number of carbonyl (C=O) groups excluding carboxylic acids is 7. The van der Waals surface area contributed by atoms with Gasteiger partial charge in [0.15, 0.2) is 20.0 Å². The van der Waals surface area contributed by atoms with Crippen molar-refractivity contribution < 1.29 is 108 Å². The minimum atomic E-state index is -3.60. The number of sulfone groups is 1. The van der Waals surface area contributed by atoms with Gasteiger partial charge in [-0.05, 0) is 58.2 Å². The van der Waals surface area contributed by atoms with E-state index in [0.717, 1.165) is 30.1 Å². The van der Waals surface area contributed by atoms with E-state index in [9.17, 15) is 46.8 Å². The number of benzene rings is 1. The Labute approximate surface area is 553 Å². The summed E-state index contributed by atoms with van der Waals surface area (Å²) in [7, 11) is -3.60. The lowest BCUT2D eigenvalue weighted by molar-refractivity contribution is -0.198. The molecule has 530 valence electrons. The smallest absolute Gasteiger partial charge is 0.349 e. The number of nitrogens with one attached hydrogen (secondary N) is 3. The molecule has 1 saturated heterocycles. The molecule has 0 spiro atoms. The van der Waals surface area contributed by atoms with Crippen LogP contribution in [-0.2, 0) is 100 Å². The first-order valence-corrected chi connectivity index (χ1v) is 34.4. The van der Waals surface area contributed by atoms with E-state index in [1.807, 2.05) is 26.0 Å². The van der Waals surface area contributed by atoms with E-state index in [-0.39, 0.29) is 150 Å². The first-order valence-electron chi connectivity index (χ1n) is 31.9. The number of hydrogen-bond donors (Lipinski definition) is 3. The van der Waals surface area contributed by atoms with Crippen LogP contribution in [-0.4, -0.2) is 250 Å². The zero-order chi connectivity index (χ0) is 68.0. The van der Waals surface area contributed by atoms with Crippen LogP contribution in [0.3, 0.4) is 0 Å². The second kappa shape index (κ2) is 48.7. The number of ether oxygens (including phenoxy) is 12. The lowest BCUT2D eigenvalue weighted by Gasteiger charge is -2.21. The largest absolute Gasteiger partial charge is 0.422 e. The van der Waals surface area contributed by atoms with Crippen LogP contribution in [0.25, 0.3) is 11.0 Å². The van der Waals surface area contributed by atoms with Crippen LogP contribution in [0.4, 0.5) is 10.8 Å². The highest BCUT2D eigenvalue weighted by molar-refractivity contribution is 7.91. The maximum absolute atomic E-state index is 13.4. The van der Waals surface area contributed by atoms with E-state index >= 15 is 0 Å². The van der Waals surface area contributed by atoms with E-state index in [0.29, 0.717) is 139 Å². The number of rotatable bonds is 58. The highest BCUT2D eigenvalue weighted by Gasteiger charge is 2.33. The first-order chi connectivity index (χ1) is 45.5. The van der Waals surface area contributed by atoms with E-state index in [4.69, 9.17) is 66.1 Å². The van der Waals surface area contributed by atoms with Gasteiger partial charge in [-0.1, -0.05) is 6.42 Å². The molecule has 0 bridgehead atoms. The van der Waals surface area contributed by atoms with Gasteiger partial charge in [0, 0.05) is 93.3 Å². The third-order valence-corrected chi connectivity index (χ3v) is 16.5. The van der Waals surface area contributed by atoms with Gasteiger partial charge in [-0.3, -0.25) is 28.8 Å². The maximum atomic E-state index is 13.4. The van der Waals surface area contributed by atoms with Crippen molar-refractivity contribution in [1.29, 1.82) is 0 Å². The second-order valence-corrected chi connectivity index (χ2v) is 24.2.